The Labute approximate surface area is 196 Å². The first-order valence-electron chi connectivity index (χ1n) is 12.7. The molecule has 2 aliphatic rings. The zero-order valence-corrected chi connectivity index (χ0v) is 19.4. The van der Waals surface area contributed by atoms with Crippen molar-refractivity contribution in [1.29, 1.82) is 0 Å². The van der Waals surface area contributed by atoms with E-state index in [2.05, 4.69) is 35.0 Å². The molecule has 0 aliphatic heterocycles. The maximum atomic E-state index is 11.2. The number of para-hydroxylation sites is 1. The van der Waals surface area contributed by atoms with Crippen molar-refractivity contribution < 1.29 is 9.90 Å². The summed E-state index contributed by atoms with van der Waals surface area (Å²) in [6.07, 6.45) is 13.4. The lowest BCUT2D eigenvalue weighted by Crippen LogP contribution is -2.21. The number of aromatic carboxylic acids is 1. The quantitative estimate of drug-likeness (QED) is 0.440. The number of rotatable bonds is 7. The van der Waals surface area contributed by atoms with Gasteiger partial charge < -0.3 is 5.11 Å². The summed E-state index contributed by atoms with van der Waals surface area (Å²) in [5, 5.41) is 14.4. The maximum absolute atomic E-state index is 11.2. The number of carbonyl (C=O) groups is 1. The van der Waals surface area contributed by atoms with E-state index in [1.54, 1.807) is 12.1 Å². The number of hydrogen-bond donors (Lipinski definition) is 1. The van der Waals surface area contributed by atoms with Gasteiger partial charge in [-0.3, -0.25) is 0 Å². The van der Waals surface area contributed by atoms with Gasteiger partial charge in [-0.25, -0.2) is 9.48 Å². The smallest absolute Gasteiger partial charge is 0.335 e. The van der Waals surface area contributed by atoms with Gasteiger partial charge in [0.05, 0.1) is 22.6 Å². The predicted octanol–water partition coefficient (Wildman–Crippen LogP) is 6.75. The molecule has 1 aromatic heterocycles. The number of benzene rings is 2. The van der Waals surface area contributed by atoms with Gasteiger partial charge >= 0.3 is 5.97 Å². The molecule has 0 saturated heterocycles. The number of hydrogen-bond acceptors (Lipinski definition) is 2. The van der Waals surface area contributed by atoms with E-state index in [1.807, 2.05) is 12.1 Å². The molecule has 4 heteroatoms. The summed E-state index contributed by atoms with van der Waals surface area (Å²) in [6, 6.07) is 18.1. The fourth-order valence-electron chi connectivity index (χ4n) is 5.99. The highest BCUT2D eigenvalue weighted by atomic mass is 16.4. The molecule has 5 rings (SSSR count). The van der Waals surface area contributed by atoms with E-state index < -0.39 is 5.97 Å². The van der Waals surface area contributed by atoms with Crippen molar-refractivity contribution in [2.75, 3.05) is 0 Å². The topological polar surface area (TPSA) is 55.1 Å². The molecular formula is C29H34N2O2. The standard InChI is InChI=1S/C29H34N2O2/c32-29(33)23-18-15-21(16-19-23)17-20-25(22-9-3-1-4-10-22)28-26-13-7-8-14-27(26)30-31(28)24-11-5-2-6-12-24/h2,5-6,11-12,15-16,18-19,22,25H,1,3-4,7-10,13-14,17,20H2,(H,32,33). The van der Waals surface area contributed by atoms with Crippen molar-refractivity contribution in [3.63, 3.8) is 0 Å². The minimum atomic E-state index is -0.861. The van der Waals surface area contributed by atoms with Crippen LogP contribution in [0.2, 0.25) is 0 Å². The molecule has 1 fully saturated rings. The molecule has 0 amide bonds. The Kier molecular flexibility index (Phi) is 6.61. The van der Waals surface area contributed by atoms with Crippen molar-refractivity contribution in [2.45, 2.75) is 76.5 Å². The highest BCUT2D eigenvalue weighted by Gasteiger charge is 2.32. The van der Waals surface area contributed by atoms with Crippen molar-refractivity contribution in [2.24, 2.45) is 5.92 Å². The Balaban J connectivity index is 1.51. The fraction of sp³-hybridized carbons (Fsp3) is 0.448. The van der Waals surface area contributed by atoms with Crippen LogP contribution in [-0.2, 0) is 19.3 Å². The molecular weight excluding hydrogens is 408 g/mol. The van der Waals surface area contributed by atoms with Crippen molar-refractivity contribution in [1.82, 2.24) is 9.78 Å². The van der Waals surface area contributed by atoms with Crippen LogP contribution < -0.4 is 0 Å². The number of carboxylic acid groups (broad SMARTS) is 1. The fourth-order valence-corrected chi connectivity index (χ4v) is 5.99. The van der Waals surface area contributed by atoms with Crippen LogP contribution in [0.15, 0.2) is 54.6 Å². The molecule has 0 spiro atoms. The summed E-state index contributed by atoms with van der Waals surface area (Å²) < 4.78 is 2.28. The van der Waals surface area contributed by atoms with Crippen LogP contribution in [0.4, 0.5) is 0 Å². The maximum Gasteiger partial charge on any atom is 0.335 e. The van der Waals surface area contributed by atoms with Gasteiger partial charge in [-0.15, -0.1) is 0 Å². The predicted molar refractivity (Wildman–Crippen MR) is 131 cm³/mol. The molecule has 2 aromatic carbocycles. The molecule has 0 bridgehead atoms. The molecule has 1 atom stereocenters. The second-order valence-electron chi connectivity index (χ2n) is 9.81. The van der Waals surface area contributed by atoms with Crippen LogP contribution in [0.25, 0.3) is 5.69 Å². The van der Waals surface area contributed by atoms with Crippen LogP contribution >= 0.6 is 0 Å². The van der Waals surface area contributed by atoms with Gasteiger partial charge in [-0.2, -0.15) is 5.10 Å². The van der Waals surface area contributed by atoms with Crippen LogP contribution in [-0.4, -0.2) is 20.9 Å². The van der Waals surface area contributed by atoms with Crippen molar-refractivity contribution >= 4 is 5.97 Å². The van der Waals surface area contributed by atoms with Gasteiger partial charge in [0, 0.05) is 5.92 Å². The largest absolute Gasteiger partial charge is 0.478 e. The molecule has 2 aliphatic carbocycles. The van der Waals surface area contributed by atoms with E-state index in [-0.39, 0.29) is 0 Å². The molecule has 1 unspecified atom stereocenters. The summed E-state index contributed by atoms with van der Waals surface area (Å²) in [5.74, 6) is 0.321. The molecule has 33 heavy (non-hydrogen) atoms. The first-order chi connectivity index (χ1) is 16.2. The normalized spacial score (nSPS) is 17.5. The summed E-state index contributed by atoms with van der Waals surface area (Å²) in [6.45, 7) is 0. The average molecular weight is 443 g/mol. The third-order valence-electron chi connectivity index (χ3n) is 7.71. The third-order valence-corrected chi connectivity index (χ3v) is 7.71. The van der Waals surface area contributed by atoms with E-state index in [4.69, 9.17) is 5.10 Å². The molecule has 1 saturated carbocycles. The van der Waals surface area contributed by atoms with Gasteiger partial charge in [-0.05, 0) is 92.7 Å². The van der Waals surface area contributed by atoms with Gasteiger partial charge in [0.15, 0.2) is 0 Å². The molecule has 0 radical (unpaired) electrons. The van der Waals surface area contributed by atoms with Gasteiger partial charge in [0.25, 0.3) is 0 Å². The highest BCUT2D eigenvalue weighted by molar-refractivity contribution is 5.87. The summed E-state index contributed by atoms with van der Waals surface area (Å²) >= 11 is 0. The monoisotopic (exact) mass is 442 g/mol. The van der Waals surface area contributed by atoms with E-state index >= 15 is 0 Å². The lowest BCUT2D eigenvalue weighted by atomic mass is 9.74. The number of carboxylic acids is 1. The number of aromatic nitrogens is 2. The van der Waals surface area contributed by atoms with Crippen LogP contribution in [0.1, 0.15) is 90.2 Å². The molecule has 1 heterocycles. The second kappa shape index (κ2) is 9.94. The first-order valence-corrected chi connectivity index (χ1v) is 12.7. The Bertz CT molecular complexity index is 1080. The zero-order chi connectivity index (χ0) is 22.6. The molecule has 172 valence electrons. The average Bonchev–Trinajstić information content (AvgIpc) is 3.25. The highest BCUT2D eigenvalue weighted by Crippen LogP contribution is 2.42. The lowest BCUT2D eigenvalue weighted by molar-refractivity contribution is 0.0697. The number of nitrogens with zero attached hydrogens (tertiary/aromatic N) is 2. The Morgan fingerprint density at radius 1 is 0.939 bits per heavy atom. The van der Waals surface area contributed by atoms with E-state index in [1.165, 1.54) is 73.1 Å². The Morgan fingerprint density at radius 2 is 1.67 bits per heavy atom. The molecule has 4 nitrogen and oxygen atoms in total. The molecule has 1 N–H and O–H groups in total. The minimum Gasteiger partial charge on any atom is -0.478 e. The Hall–Kier alpha value is -2.88. The lowest BCUT2D eigenvalue weighted by Gasteiger charge is -2.32. The van der Waals surface area contributed by atoms with Gasteiger partial charge in [-0.1, -0.05) is 49.6 Å². The van der Waals surface area contributed by atoms with E-state index in [0.29, 0.717) is 17.4 Å². The van der Waals surface area contributed by atoms with Crippen LogP contribution in [0, 0.1) is 5.92 Å². The number of fused-ring (bicyclic) bond motifs is 1. The zero-order valence-electron chi connectivity index (χ0n) is 19.4. The van der Waals surface area contributed by atoms with Gasteiger partial charge in [0.1, 0.15) is 0 Å². The van der Waals surface area contributed by atoms with Crippen LogP contribution in [0.5, 0.6) is 0 Å². The molecule has 3 aromatic rings. The van der Waals surface area contributed by atoms with E-state index in [0.717, 1.165) is 25.7 Å². The third kappa shape index (κ3) is 4.75. The minimum absolute atomic E-state index is 0.360. The first kappa shape index (κ1) is 21.9. The number of aryl methyl sites for hydroxylation is 2. The summed E-state index contributed by atoms with van der Waals surface area (Å²) in [5.41, 5.74) is 7.05. The van der Waals surface area contributed by atoms with Gasteiger partial charge in [0.2, 0.25) is 0 Å². The van der Waals surface area contributed by atoms with Crippen molar-refractivity contribution in [3.8, 4) is 5.69 Å². The summed E-state index contributed by atoms with van der Waals surface area (Å²) in [7, 11) is 0. The van der Waals surface area contributed by atoms with Crippen LogP contribution in [0.3, 0.4) is 0 Å². The summed E-state index contributed by atoms with van der Waals surface area (Å²) in [4.78, 5) is 11.2. The SMILES string of the molecule is O=C(O)c1ccc(CCC(c2c3c(nn2-c2ccccc2)CCCC3)C2CCCCC2)cc1. The Morgan fingerprint density at radius 3 is 2.39 bits per heavy atom. The van der Waals surface area contributed by atoms with E-state index in [9.17, 15) is 9.90 Å². The van der Waals surface area contributed by atoms with Crippen molar-refractivity contribution in [3.05, 3.63) is 82.7 Å². The second-order valence-corrected chi connectivity index (χ2v) is 9.81.